The Morgan fingerprint density at radius 3 is 2.39 bits per heavy atom. The third-order valence-electron chi connectivity index (χ3n) is 6.67. The number of piperidine rings is 1. The fourth-order valence-electron chi connectivity index (χ4n) is 4.65. The Morgan fingerprint density at radius 2 is 1.68 bits per heavy atom. The van der Waals surface area contributed by atoms with Crippen LogP contribution in [0.3, 0.4) is 0 Å². The average Bonchev–Trinajstić information content (AvgIpc) is 2.80. The molecule has 1 saturated heterocycles. The molecule has 1 aliphatic carbocycles. The fraction of sp³-hybridized carbons (Fsp3) is 0.720. The molecule has 1 aromatic carbocycles. The van der Waals surface area contributed by atoms with Crippen molar-refractivity contribution in [3.05, 3.63) is 29.3 Å². The number of hydrogen-bond acceptors (Lipinski definition) is 4. The summed E-state index contributed by atoms with van der Waals surface area (Å²) in [6.45, 7) is 4.76. The van der Waals surface area contributed by atoms with E-state index in [1.54, 1.807) is 29.2 Å². The minimum atomic E-state index is -0.309. The lowest BCUT2D eigenvalue weighted by Gasteiger charge is -2.34. The highest BCUT2D eigenvalue weighted by atomic mass is 35.5. The number of hydrogen-bond donors (Lipinski definition) is 0. The van der Waals surface area contributed by atoms with Crippen LogP contribution in [0, 0.1) is 0 Å². The second-order valence-corrected chi connectivity index (χ2v) is 9.49. The topological polar surface area (TPSA) is 42.0 Å². The third kappa shape index (κ3) is 8.63. The Bertz CT molecular complexity index is 641. The van der Waals surface area contributed by atoms with E-state index in [1.165, 1.54) is 58.2 Å². The standard InChI is InChI=1S/C25H39ClN2O3/c1-27(25(29)31-24-13-9-21(26)10-14-24)22-11-15-23(16-12-22)30-20-8-3-2-5-17-28-18-6-4-7-19-28/h9-10,13-14,22-23H,2-8,11-12,15-20H2,1H3. The monoisotopic (exact) mass is 450 g/mol. The van der Waals surface area contributed by atoms with Gasteiger partial charge in [0.1, 0.15) is 5.75 Å². The fourth-order valence-corrected chi connectivity index (χ4v) is 4.77. The molecule has 3 rings (SSSR count). The molecule has 0 radical (unpaired) electrons. The summed E-state index contributed by atoms with van der Waals surface area (Å²) >= 11 is 5.88. The van der Waals surface area contributed by atoms with Gasteiger partial charge in [0, 0.05) is 24.7 Å². The zero-order valence-electron chi connectivity index (χ0n) is 19.1. The molecular formula is C25H39ClN2O3. The SMILES string of the molecule is CN(C(=O)Oc1ccc(Cl)cc1)C1CCC(OCCCCCCN2CCCCC2)CC1. The van der Waals surface area contributed by atoms with E-state index < -0.39 is 0 Å². The molecule has 5 nitrogen and oxygen atoms in total. The summed E-state index contributed by atoms with van der Waals surface area (Å²) < 4.78 is 11.6. The first-order valence-electron chi connectivity index (χ1n) is 12.2. The van der Waals surface area contributed by atoms with Crippen LogP contribution in [-0.4, -0.2) is 61.3 Å². The molecule has 1 amide bonds. The zero-order valence-corrected chi connectivity index (χ0v) is 19.8. The van der Waals surface area contributed by atoms with Crippen LogP contribution in [0.15, 0.2) is 24.3 Å². The van der Waals surface area contributed by atoms with Crippen molar-refractivity contribution >= 4 is 17.7 Å². The number of rotatable bonds is 10. The molecule has 0 atom stereocenters. The van der Waals surface area contributed by atoms with Crippen molar-refractivity contribution in [1.29, 1.82) is 0 Å². The highest BCUT2D eigenvalue weighted by Crippen LogP contribution is 2.26. The molecule has 1 aromatic rings. The summed E-state index contributed by atoms with van der Waals surface area (Å²) in [6, 6.07) is 7.09. The quantitative estimate of drug-likeness (QED) is 0.401. The molecule has 0 aromatic heterocycles. The van der Waals surface area contributed by atoms with Crippen LogP contribution in [0.5, 0.6) is 5.75 Å². The maximum absolute atomic E-state index is 12.4. The summed E-state index contributed by atoms with van der Waals surface area (Å²) in [5.41, 5.74) is 0. The number of halogens is 1. The first kappa shape index (κ1) is 24.3. The van der Waals surface area contributed by atoms with E-state index in [0.29, 0.717) is 16.9 Å². The van der Waals surface area contributed by atoms with Crippen molar-refractivity contribution in [2.75, 3.05) is 33.3 Å². The minimum Gasteiger partial charge on any atom is -0.410 e. The van der Waals surface area contributed by atoms with Crippen LogP contribution < -0.4 is 4.74 Å². The van der Waals surface area contributed by atoms with Gasteiger partial charge in [-0.2, -0.15) is 0 Å². The Labute approximate surface area is 193 Å². The van der Waals surface area contributed by atoms with Gasteiger partial charge in [-0.1, -0.05) is 30.9 Å². The Hall–Kier alpha value is -1.30. The van der Waals surface area contributed by atoms with E-state index in [-0.39, 0.29) is 12.1 Å². The molecule has 0 spiro atoms. The molecule has 0 unspecified atom stereocenters. The molecule has 31 heavy (non-hydrogen) atoms. The molecule has 1 saturated carbocycles. The van der Waals surface area contributed by atoms with E-state index in [9.17, 15) is 4.79 Å². The van der Waals surface area contributed by atoms with E-state index in [2.05, 4.69) is 4.90 Å². The van der Waals surface area contributed by atoms with E-state index in [4.69, 9.17) is 21.1 Å². The largest absolute Gasteiger partial charge is 0.415 e. The second kappa shape index (κ2) is 13.3. The predicted octanol–water partition coefficient (Wildman–Crippen LogP) is 6.14. The van der Waals surface area contributed by atoms with Crippen LogP contribution in [0.4, 0.5) is 4.79 Å². The molecule has 2 aliphatic rings. The number of carbonyl (C=O) groups excluding carboxylic acids is 1. The molecule has 0 bridgehead atoms. The summed E-state index contributed by atoms with van der Waals surface area (Å²) in [7, 11) is 1.83. The predicted molar refractivity (Wildman–Crippen MR) is 126 cm³/mol. The summed E-state index contributed by atoms with van der Waals surface area (Å²) in [6.07, 6.45) is 13.2. The zero-order chi connectivity index (χ0) is 21.9. The van der Waals surface area contributed by atoms with E-state index in [0.717, 1.165) is 38.7 Å². The molecule has 1 aliphatic heterocycles. The van der Waals surface area contributed by atoms with Crippen LogP contribution in [0.2, 0.25) is 5.02 Å². The first-order chi connectivity index (χ1) is 15.1. The van der Waals surface area contributed by atoms with Gasteiger partial charge in [0.2, 0.25) is 0 Å². The number of amides is 1. The van der Waals surface area contributed by atoms with Gasteiger partial charge in [-0.3, -0.25) is 0 Å². The summed E-state index contributed by atoms with van der Waals surface area (Å²) in [5, 5.41) is 0.629. The number of carbonyl (C=O) groups is 1. The van der Waals surface area contributed by atoms with E-state index in [1.807, 2.05) is 7.05 Å². The lowest BCUT2D eigenvalue weighted by atomic mass is 9.92. The third-order valence-corrected chi connectivity index (χ3v) is 6.92. The van der Waals surface area contributed by atoms with Gasteiger partial charge in [0.15, 0.2) is 0 Å². The normalized spacial score (nSPS) is 22.3. The van der Waals surface area contributed by atoms with Gasteiger partial charge < -0.3 is 19.3 Å². The van der Waals surface area contributed by atoms with Crippen molar-refractivity contribution < 1.29 is 14.3 Å². The van der Waals surface area contributed by atoms with Crippen LogP contribution in [0.1, 0.15) is 70.6 Å². The van der Waals surface area contributed by atoms with Crippen LogP contribution >= 0.6 is 11.6 Å². The van der Waals surface area contributed by atoms with Gasteiger partial charge in [0.05, 0.1) is 6.10 Å². The van der Waals surface area contributed by atoms with Gasteiger partial charge in [-0.15, -0.1) is 0 Å². The lowest BCUT2D eigenvalue weighted by Crippen LogP contribution is -2.42. The number of unbranched alkanes of at least 4 members (excludes halogenated alkanes) is 3. The van der Waals surface area contributed by atoms with Gasteiger partial charge >= 0.3 is 6.09 Å². The molecule has 0 N–H and O–H groups in total. The average molecular weight is 451 g/mol. The lowest BCUT2D eigenvalue weighted by molar-refractivity contribution is 0.0104. The Kier molecular flexibility index (Phi) is 10.4. The van der Waals surface area contributed by atoms with Gasteiger partial charge in [-0.25, -0.2) is 4.79 Å². The maximum Gasteiger partial charge on any atom is 0.415 e. The summed E-state index contributed by atoms with van der Waals surface area (Å²) in [5.74, 6) is 0.522. The number of nitrogens with zero attached hydrogens (tertiary/aromatic N) is 2. The number of likely N-dealkylation sites (tertiary alicyclic amines) is 1. The number of ether oxygens (including phenoxy) is 2. The smallest absolute Gasteiger partial charge is 0.410 e. The summed E-state index contributed by atoms with van der Waals surface area (Å²) in [4.78, 5) is 16.8. The van der Waals surface area contributed by atoms with Crippen molar-refractivity contribution in [1.82, 2.24) is 9.80 Å². The highest BCUT2D eigenvalue weighted by molar-refractivity contribution is 6.30. The highest BCUT2D eigenvalue weighted by Gasteiger charge is 2.27. The Balaban J connectivity index is 1.22. The molecular weight excluding hydrogens is 412 g/mol. The molecule has 1 heterocycles. The van der Waals surface area contributed by atoms with Crippen molar-refractivity contribution in [3.63, 3.8) is 0 Å². The van der Waals surface area contributed by atoms with Crippen LogP contribution in [-0.2, 0) is 4.74 Å². The van der Waals surface area contributed by atoms with Gasteiger partial charge in [-0.05, 0) is 95.3 Å². The van der Waals surface area contributed by atoms with Crippen molar-refractivity contribution in [2.24, 2.45) is 0 Å². The Morgan fingerprint density at radius 1 is 1.00 bits per heavy atom. The molecule has 6 heteroatoms. The minimum absolute atomic E-state index is 0.217. The molecule has 2 fully saturated rings. The van der Waals surface area contributed by atoms with E-state index >= 15 is 0 Å². The maximum atomic E-state index is 12.4. The second-order valence-electron chi connectivity index (χ2n) is 9.05. The number of benzene rings is 1. The van der Waals surface area contributed by atoms with Crippen molar-refractivity contribution in [2.45, 2.75) is 82.8 Å². The van der Waals surface area contributed by atoms with Gasteiger partial charge in [0.25, 0.3) is 0 Å². The van der Waals surface area contributed by atoms with Crippen LogP contribution in [0.25, 0.3) is 0 Å². The van der Waals surface area contributed by atoms with Crippen molar-refractivity contribution in [3.8, 4) is 5.75 Å². The first-order valence-corrected chi connectivity index (χ1v) is 12.5. The molecule has 174 valence electrons.